The fourth-order valence-electron chi connectivity index (χ4n) is 2.03. The SMILES string of the molecule is CC(C)[C@@H]1CO[C@]2(C)C=CC(=O)N12. The van der Waals surface area contributed by atoms with Crippen molar-refractivity contribution in [2.24, 2.45) is 5.92 Å². The minimum Gasteiger partial charge on any atom is -0.350 e. The highest BCUT2D eigenvalue weighted by Gasteiger charge is 2.48. The second kappa shape index (κ2) is 2.58. The van der Waals surface area contributed by atoms with Gasteiger partial charge in [-0.15, -0.1) is 0 Å². The van der Waals surface area contributed by atoms with Gasteiger partial charge < -0.3 is 9.64 Å². The number of amides is 1. The Labute approximate surface area is 78.4 Å². The molecule has 0 radical (unpaired) electrons. The van der Waals surface area contributed by atoms with Gasteiger partial charge in [0.15, 0.2) is 5.72 Å². The lowest BCUT2D eigenvalue weighted by Crippen LogP contribution is -2.45. The molecule has 0 aliphatic carbocycles. The average molecular weight is 181 g/mol. The van der Waals surface area contributed by atoms with Crippen LogP contribution in [0.15, 0.2) is 12.2 Å². The van der Waals surface area contributed by atoms with Crippen LogP contribution in [-0.4, -0.2) is 29.2 Å². The molecule has 0 aromatic heterocycles. The molecule has 3 heteroatoms. The van der Waals surface area contributed by atoms with E-state index in [2.05, 4.69) is 13.8 Å². The summed E-state index contributed by atoms with van der Waals surface area (Å²) in [5.74, 6) is 0.532. The van der Waals surface area contributed by atoms with Crippen LogP contribution < -0.4 is 0 Å². The van der Waals surface area contributed by atoms with E-state index in [9.17, 15) is 4.79 Å². The standard InChI is InChI=1S/C10H15NO2/c1-7(2)8-6-13-10(3)5-4-9(12)11(8)10/h4-5,7-8H,6H2,1-3H3/t8-,10+/m0/s1. The lowest BCUT2D eigenvalue weighted by atomic mass is 10.0. The van der Waals surface area contributed by atoms with Crippen LogP contribution in [0.25, 0.3) is 0 Å². The molecule has 2 heterocycles. The van der Waals surface area contributed by atoms with E-state index in [0.29, 0.717) is 12.5 Å². The highest BCUT2D eigenvalue weighted by atomic mass is 16.5. The van der Waals surface area contributed by atoms with Crippen LogP contribution in [0.4, 0.5) is 0 Å². The summed E-state index contributed by atoms with van der Waals surface area (Å²) in [6.07, 6.45) is 3.45. The zero-order chi connectivity index (χ0) is 9.64. The second-order valence-corrected chi connectivity index (χ2v) is 4.22. The quantitative estimate of drug-likeness (QED) is 0.607. The third-order valence-electron chi connectivity index (χ3n) is 2.90. The average Bonchev–Trinajstić information content (AvgIpc) is 2.50. The van der Waals surface area contributed by atoms with Gasteiger partial charge in [-0.1, -0.05) is 13.8 Å². The van der Waals surface area contributed by atoms with Gasteiger partial charge >= 0.3 is 0 Å². The molecule has 1 amide bonds. The first-order chi connectivity index (χ1) is 6.04. The summed E-state index contributed by atoms with van der Waals surface area (Å²) in [5, 5.41) is 0. The Kier molecular flexibility index (Phi) is 1.74. The van der Waals surface area contributed by atoms with E-state index in [1.165, 1.54) is 0 Å². The van der Waals surface area contributed by atoms with Crippen LogP contribution in [0.2, 0.25) is 0 Å². The Morgan fingerprint density at radius 3 is 3.00 bits per heavy atom. The van der Waals surface area contributed by atoms with Crippen LogP contribution >= 0.6 is 0 Å². The number of hydrogen-bond acceptors (Lipinski definition) is 2. The van der Waals surface area contributed by atoms with E-state index in [1.54, 1.807) is 6.08 Å². The van der Waals surface area contributed by atoms with Gasteiger partial charge in [0.25, 0.3) is 0 Å². The summed E-state index contributed by atoms with van der Waals surface area (Å²) < 4.78 is 5.63. The van der Waals surface area contributed by atoms with Crippen LogP contribution in [-0.2, 0) is 9.53 Å². The third kappa shape index (κ3) is 1.10. The lowest BCUT2D eigenvalue weighted by molar-refractivity contribution is -0.134. The van der Waals surface area contributed by atoms with Crippen LogP contribution in [0.5, 0.6) is 0 Å². The Morgan fingerprint density at radius 2 is 2.38 bits per heavy atom. The maximum absolute atomic E-state index is 11.5. The minimum atomic E-state index is -0.466. The number of carbonyl (C=O) groups excluding carboxylic acids is 1. The predicted molar refractivity (Wildman–Crippen MR) is 49.0 cm³/mol. The molecule has 0 N–H and O–H groups in total. The fourth-order valence-corrected chi connectivity index (χ4v) is 2.03. The van der Waals surface area contributed by atoms with Crippen molar-refractivity contribution >= 4 is 5.91 Å². The molecule has 0 bridgehead atoms. The topological polar surface area (TPSA) is 29.5 Å². The van der Waals surface area contributed by atoms with Gasteiger partial charge in [-0.2, -0.15) is 0 Å². The number of ether oxygens (including phenoxy) is 1. The Hall–Kier alpha value is -0.830. The third-order valence-corrected chi connectivity index (χ3v) is 2.90. The number of nitrogens with zero attached hydrogens (tertiary/aromatic N) is 1. The summed E-state index contributed by atoms with van der Waals surface area (Å²) in [6.45, 7) is 6.83. The Balaban J connectivity index is 2.28. The molecule has 0 saturated carbocycles. The number of fused-ring (bicyclic) bond motifs is 1. The number of hydrogen-bond donors (Lipinski definition) is 0. The smallest absolute Gasteiger partial charge is 0.249 e. The van der Waals surface area contributed by atoms with E-state index >= 15 is 0 Å². The molecular formula is C10H15NO2. The normalized spacial score (nSPS) is 37.7. The predicted octanol–water partition coefficient (Wildman–Crippen LogP) is 1.16. The van der Waals surface area contributed by atoms with E-state index in [1.807, 2.05) is 17.9 Å². The fraction of sp³-hybridized carbons (Fsp3) is 0.700. The van der Waals surface area contributed by atoms with Crippen LogP contribution in [0.1, 0.15) is 20.8 Å². The molecule has 13 heavy (non-hydrogen) atoms. The van der Waals surface area contributed by atoms with Crippen molar-refractivity contribution in [3.8, 4) is 0 Å². The van der Waals surface area contributed by atoms with E-state index < -0.39 is 5.72 Å². The largest absolute Gasteiger partial charge is 0.350 e. The van der Waals surface area contributed by atoms with Crippen molar-refractivity contribution in [1.29, 1.82) is 0 Å². The summed E-state index contributed by atoms with van der Waals surface area (Å²) in [6, 6.07) is 0.229. The van der Waals surface area contributed by atoms with Crippen LogP contribution in [0.3, 0.4) is 0 Å². The van der Waals surface area contributed by atoms with E-state index in [-0.39, 0.29) is 11.9 Å². The van der Waals surface area contributed by atoms with Gasteiger partial charge in [-0.05, 0) is 18.9 Å². The van der Waals surface area contributed by atoms with Gasteiger partial charge in [0, 0.05) is 6.08 Å². The molecule has 2 atom stereocenters. The zero-order valence-corrected chi connectivity index (χ0v) is 8.28. The van der Waals surface area contributed by atoms with Gasteiger partial charge in [0.05, 0.1) is 12.6 Å². The Bertz CT molecular complexity index is 272. The molecule has 1 saturated heterocycles. The van der Waals surface area contributed by atoms with Gasteiger partial charge in [-0.3, -0.25) is 4.79 Å². The molecule has 3 nitrogen and oxygen atoms in total. The van der Waals surface area contributed by atoms with Crippen molar-refractivity contribution in [3.63, 3.8) is 0 Å². The highest BCUT2D eigenvalue weighted by molar-refractivity contribution is 5.91. The molecule has 0 spiro atoms. The molecule has 2 rings (SSSR count). The monoisotopic (exact) mass is 181 g/mol. The van der Waals surface area contributed by atoms with Gasteiger partial charge in [0.1, 0.15) is 0 Å². The first kappa shape index (κ1) is 8.75. The van der Waals surface area contributed by atoms with Crippen LogP contribution in [0, 0.1) is 5.92 Å². The molecule has 2 aliphatic rings. The Morgan fingerprint density at radius 1 is 1.69 bits per heavy atom. The van der Waals surface area contributed by atoms with Gasteiger partial charge in [0.2, 0.25) is 5.91 Å². The molecule has 0 unspecified atom stereocenters. The van der Waals surface area contributed by atoms with Crippen molar-refractivity contribution < 1.29 is 9.53 Å². The van der Waals surface area contributed by atoms with Crippen molar-refractivity contribution in [3.05, 3.63) is 12.2 Å². The van der Waals surface area contributed by atoms with Gasteiger partial charge in [-0.25, -0.2) is 0 Å². The van der Waals surface area contributed by atoms with E-state index in [0.717, 1.165) is 0 Å². The molecule has 0 aromatic rings. The molecule has 72 valence electrons. The first-order valence-corrected chi connectivity index (χ1v) is 4.71. The van der Waals surface area contributed by atoms with Crippen molar-refractivity contribution in [2.45, 2.75) is 32.5 Å². The maximum atomic E-state index is 11.5. The summed E-state index contributed by atoms with van der Waals surface area (Å²) in [4.78, 5) is 13.4. The highest BCUT2D eigenvalue weighted by Crippen LogP contribution is 2.35. The first-order valence-electron chi connectivity index (χ1n) is 4.71. The summed E-state index contributed by atoms with van der Waals surface area (Å²) in [5.41, 5.74) is -0.466. The summed E-state index contributed by atoms with van der Waals surface area (Å²) >= 11 is 0. The molecule has 1 fully saturated rings. The number of rotatable bonds is 1. The lowest BCUT2D eigenvalue weighted by Gasteiger charge is -2.30. The molecule has 2 aliphatic heterocycles. The summed E-state index contributed by atoms with van der Waals surface area (Å²) in [7, 11) is 0. The zero-order valence-electron chi connectivity index (χ0n) is 8.28. The maximum Gasteiger partial charge on any atom is 0.249 e. The number of carbonyl (C=O) groups is 1. The second-order valence-electron chi connectivity index (χ2n) is 4.22. The molecular weight excluding hydrogens is 166 g/mol. The van der Waals surface area contributed by atoms with Crippen molar-refractivity contribution in [2.75, 3.05) is 6.61 Å². The molecule has 0 aromatic carbocycles. The van der Waals surface area contributed by atoms with Crippen molar-refractivity contribution in [1.82, 2.24) is 4.90 Å². The minimum absolute atomic E-state index is 0.0821. The van der Waals surface area contributed by atoms with E-state index in [4.69, 9.17) is 4.74 Å².